The summed E-state index contributed by atoms with van der Waals surface area (Å²) in [6.07, 6.45) is 0.0485. The summed E-state index contributed by atoms with van der Waals surface area (Å²) in [6.45, 7) is -0.463. The number of phenols is 1. The molecule has 0 bridgehead atoms. The van der Waals surface area contributed by atoms with Crippen LogP contribution in [-0.4, -0.2) is 61.0 Å². The summed E-state index contributed by atoms with van der Waals surface area (Å²) >= 11 is 17.2. The van der Waals surface area contributed by atoms with Crippen LogP contribution in [0.4, 0.5) is 27.6 Å². The van der Waals surface area contributed by atoms with Gasteiger partial charge >= 0.3 is 5.97 Å². The van der Waals surface area contributed by atoms with Gasteiger partial charge in [0.15, 0.2) is 33.0 Å². The maximum absolute atomic E-state index is 15.1. The number of carbonyl (C=O) groups excluding carboxylic acids is 4. The summed E-state index contributed by atoms with van der Waals surface area (Å²) in [7, 11) is 0. The molecule has 0 unspecified atom stereocenters. The molecule has 46 heavy (non-hydrogen) atoms. The number of anilines is 1. The molecule has 9 nitrogen and oxygen atoms in total. The number of rotatable bonds is 5. The number of aromatic hydroxyl groups is 1. The van der Waals surface area contributed by atoms with Gasteiger partial charge in [0.1, 0.15) is 11.4 Å². The van der Waals surface area contributed by atoms with Crippen LogP contribution in [0.2, 0.25) is 0 Å². The zero-order valence-corrected chi connectivity index (χ0v) is 25.9. The minimum absolute atomic E-state index is 0.123. The van der Waals surface area contributed by atoms with Crippen molar-refractivity contribution in [3.63, 3.8) is 0 Å². The quantitative estimate of drug-likeness (QED) is 0.111. The van der Waals surface area contributed by atoms with Crippen LogP contribution in [0, 0.1) is 46.8 Å². The van der Waals surface area contributed by atoms with Crippen molar-refractivity contribution >= 4 is 74.4 Å². The van der Waals surface area contributed by atoms with E-state index in [0.717, 1.165) is 4.90 Å². The molecule has 2 aliphatic carbocycles. The lowest BCUT2D eigenvalue weighted by Crippen LogP contribution is -2.60. The van der Waals surface area contributed by atoms with Crippen molar-refractivity contribution in [1.82, 2.24) is 4.90 Å². The molecule has 4 aliphatic rings. The molecule has 0 radical (unpaired) electrons. The molecule has 6 atom stereocenters. The maximum atomic E-state index is 15.1. The molecule has 3 fully saturated rings. The molecule has 2 heterocycles. The highest BCUT2D eigenvalue weighted by Gasteiger charge is 2.77. The predicted molar refractivity (Wildman–Crippen MR) is 151 cm³/mol. The second-order valence-electron chi connectivity index (χ2n) is 11.4. The summed E-state index contributed by atoms with van der Waals surface area (Å²) in [4.78, 5) is 61.3. The first-order chi connectivity index (χ1) is 21.5. The van der Waals surface area contributed by atoms with Gasteiger partial charge in [-0.1, -0.05) is 27.6 Å². The van der Waals surface area contributed by atoms with E-state index >= 15 is 8.78 Å². The minimum atomic E-state index is -2.78. The van der Waals surface area contributed by atoms with E-state index in [9.17, 15) is 42.3 Å². The van der Waals surface area contributed by atoms with Crippen LogP contribution in [0.15, 0.2) is 34.3 Å². The number of nitrogens with zero attached hydrogens (tertiary/aromatic N) is 2. The van der Waals surface area contributed by atoms with Crippen molar-refractivity contribution in [2.45, 2.75) is 34.9 Å². The van der Waals surface area contributed by atoms with E-state index in [1.165, 1.54) is 24.3 Å². The minimum Gasteiger partial charge on any atom is -0.508 e. The Labute approximate surface area is 273 Å². The Balaban J connectivity index is 1.58. The number of amides is 4. The second-order valence-corrected chi connectivity index (χ2v) is 13.5. The topological polar surface area (TPSA) is 132 Å². The van der Waals surface area contributed by atoms with Gasteiger partial charge < -0.3 is 10.2 Å². The van der Waals surface area contributed by atoms with Crippen LogP contribution in [0.25, 0.3) is 0 Å². The Morgan fingerprint density at radius 3 is 2.15 bits per heavy atom. The van der Waals surface area contributed by atoms with Gasteiger partial charge in [0, 0.05) is 22.5 Å². The van der Waals surface area contributed by atoms with Gasteiger partial charge in [0.2, 0.25) is 17.6 Å². The number of carboxylic acid groups (broad SMARTS) is 1. The zero-order chi connectivity index (χ0) is 33.8. The molecule has 2 aliphatic heterocycles. The van der Waals surface area contributed by atoms with Crippen molar-refractivity contribution < 1.29 is 56.1 Å². The first kappa shape index (κ1) is 32.4. The van der Waals surface area contributed by atoms with Crippen molar-refractivity contribution in [1.29, 1.82) is 0 Å². The van der Waals surface area contributed by atoms with Crippen LogP contribution < -0.4 is 4.90 Å². The van der Waals surface area contributed by atoms with Gasteiger partial charge in [-0.2, -0.15) is 0 Å². The molecule has 2 N–H and O–H groups in total. The van der Waals surface area contributed by atoms with Crippen molar-refractivity contribution in [3.05, 3.63) is 69.0 Å². The summed E-state index contributed by atoms with van der Waals surface area (Å²) < 4.78 is 72.9. The van der Waals surface area contributed by atoms with Crippen LogP contribution in [0.5, 0.6) is 5.75 Å². The zero-order valence-electron chi connectivity index (χ0n) is 22.8. The number of fused-ring (bicyclic) bond motifs is 4. The Kier molecular flexibility index (Phi) is 7.56. The summed E-state index contributed by atoms with van der Waals surface area (Å²) in [5.41, 5.74) is -1.92. The molecule has 6 rings (SSSR count). The summed E-state index contributed by atoms with van der Waals surface area (Å²) in [5.74, 6) is -24.2. The molecular weight excluding hydrogens is 734 g/mol. The number of hydrogen-bond donors (Lipinski definition) is 2. The average molecular weight is 752 g/mol. The van der Waals surface area contributed by atoms with E-state index in [2.05, 4.69) is 15.9 Å². The van der Waals surface area contributed by atoms with E-state index in [1.807, 2.05) is 0 Å². The lowest BCUT2D eigenvalue weighted by Gasteiger charge is -2.50. The monoisotopic (exact) mass is 750 g/mol. The molecule has 2 saturated heterocycles. The Hall–Kier alpha value is -3.56. The Morgan fingerprint density at radius 1 is 0.935 bits per heavy atom. The number of benzene rings is 2. The van der Waals surface area contributed by atoms with Gasteiger partial charge in [-0.25, -0.2) is 26.9 Å². The van der Waals surface area contributed by atoms with E-state index in [0.29, 0.717) is 4.47 Å². The highest BCUT2D eigenvalue weighted by Crippen LogP contribution is 2.66. The van der Waals surface area contributed by atoms with Crippen LogP contribution in [0.3, 0.4) is 0 Å². The van der Waals surface area contributed by atoms with E-state index < -0.39 is 123 Å². The second kappa shape index (κ2) is 10.7. The number of likely N-dealkylation sites (tertiary alicyclic amines) is 1. The molecule has 0 spiro atoms. The number of imide groups is 2. The highest BCUT2D eigenvalue weighted by atomic mass is 79.9. The fourth-order valence-corrected chi connectivity index (χ4v) is 8.47. The van der Waals surface area contributed by atoms with Crippen LogP contribution >= 0.6 is 39.1 Å². The number of aliphatic carboxylic acids is 1. The Morgan fingerprint density at radius 2 is 1.54 bits per heavy atom. The van der Waals surface area contributed by atoms with E-state index in [1.54, 1.807) is 0 Å². The fourth-order valence-electron chi connectivity index (χ4n) is 7.16. The molecular formula is C29H18BrCl2F5N2O7. The summed E-state index contributed by atoms with van der Waals surface area (Å²) in [6, 6.07) is 3.89. The standard InChI is InChI=1S/C29H18BrCl2F5N2O7/c30-9-1-4-14(40)12(7-9)17-10-2-3-11-16(25(44)38(24(11)43)6-5-15(41)42)13(10)8-28(31)26(45)39(27(46)29(17,28)32)23-21(36)19(34)18(33)20(35)22(23)37/h1-2,4,7,11,13,16-17,40H,3,5-6,8H2,(H,41,42)/t11-,13+,16-,17+,28+,29-/m0/s1. The predicted octanol–water partition coefficient (Wildman–Crippen LogP) is 4.89. The van der Waals surface area contributed by atoms with Gasteiger partial charge in [0.25, 0.3) is 11.8 Å². The van der Waals surface area contributed by atoms with Crippen molar-refractivity contribution in [2.75, 3.05) is 11.4 Å². The fraction of sp³-hybridized carbons (Fsp3) is 0.345. The molecule has 17 heteroatoms. The maximum Gasteiger partial charge on any atom is 0.305 e. The third kappa shape index (κ3) is 4.13. The van der Waals surface area contributed by atoms with Gasteiger partial charge in [0.05, 0.1) is 18.3 Å². The molecule has 4 amide bonds. The lowest BCUT2D eigenvalue weighted by molar-refractivity contribution is -0.142. The van der Waals surface area contributed by atoms with Gasteiger partial charge in [-0.3, -0.25) is 28.9 Å². The summed E-state index contributed by atoms with van der Waals surface area (Å²) in [5, 5.41) is 20.1. The smallest absolute Gasteiger partial charge is 0.305 e. The Bertz CT molecular complexity index is 1820. The molecule has 2 aromatic rings. The molecule has 1 saturated carbocycles. The number of hydrogen-bond acceptors (Lipinski definition) is 6. The van der Waals surface area contributed by atoms with E-state index in [4.69, 9.17) is 28.3 Å². The first-order valence-corrected chi connectivity index (χ1v) is 15.1. The normalized spacial score (nSPS) is 30.4. The third-order valence-corrected chi connectivity index (χ3v) is 11.1. The van der Waals surface area contributed by atoms with Crippen LogP contribution in [0.1, 0.15) is 30.7 Å². The highest BCUT2D eigenvalue weighted by molar-refractivity contribution is 9.10. The van der Waals surface area contributed by atoms with Crippen molar-refractivity contribution in [2.24, 2.45) is 17.8 Å². The number of carboxylic acids is 1. The number of alkyl halides is 2. The largest absolute Gasteiger partial charge is 0.508 e. The number of allylic oxidation sites excluding steroid dienone is 2. The number of carbonyl (C=O) groups is 5. The number of halogens is 8. The van der Waals surface area contributed by atoms with E-state index in [-0.39, 0.29) is 22.5 Å². The SMILES string of the molecule is O=C(O)CCN1C(=O)[C@H]2[C@H](CC=C3[C@H]2C[C@@]2(Cl)C(=O)N(c4c(F)c(F)c(F)c(F)c4F)C(=O)[C@@]2(Cl)[C@H]3c2cc(Br)ccc2O)C1=O. The lowest BCUT2D eigenvalue weighted by atomic mass is 9.56. The van der Waals surface area contributed by atoms with Crippen LogP contribution in [-0.2, 0) is 24.0 Å². The average Bonchev–Trinajstić information content (AvgIpc) is 3.33. The number of phenolic OH excluding ortho intramolecular Hbond substituents is 1. The first-order valence-electron chi connectivity index (χ1n) is 13.5. The molecule has 2 aromatic carbocycles. The molecule has 0 aromatic heterocycles. The van der Waals surface area contributed by atoms with Gasteiger partial charge in [-0.05, 0) is 37.0 Å². The van der Waals surface area contributed by atoms with Gasteiger partial charge in [-0.15, -0.1) is 23.2 Å². The molecule has 242 valence electrons. The van der Waals surface area contributed by atoms with Crippen molar-refractivity contribution in [3.8, 4) is 5.75 Å². The third-order valence-electron chi connectivity index (χ3n) is 9.16.